The second kappa shape index (κ2) is 8.96. The third kappa shape index (κ3) is 4.55. The summed E-state index contributed by atoms with van der Waals surface area (Å²) in [5.41, 5.74) is -0.469. The number of rotatable bonds is 10. The van der Waals surface area contributed by atoms with E-state index in [1.807, 2.05) is 27.7 Å². The van der Waals surface area contributed by atoms with Crippen LogP contribution in [0.2, 0.25) is 0 Å². The molecule has 1 aromatic heterocycles. The van der Waals surface area contributed by atoms with Crippen LogP contribution >= 0.6 is 0 Å². The number of hydrogen-bond donors (Lipinski definition) is 6. The van der Waals surface area contributed by atoms with E-state index >= 15 is 0 Å². The highest BCUT2D eigenvalue weighted by atomic mass is 16.7. The molecule has 180 valence electrons. The molecule has 6 N–H and O–H groups in total. The lowest BCUT2D eigenvalue weighted by Gasteiger charge is -2.35. The van der Waals surface area contributed by atoms with Gasteiger partial charge in [-0.3, -0.25) is 4.79 Å². The summed E-state index contributed by atoms with van der Waals surface area (Å²) in [5, 5.41) is 49.2. The zero-order chi connectivity index (χ0) is 23.9. The predicted octanol–water partition coefficient (Wildman–Crippen LogP) is 1.11. The van der Waals surface area contributed by atoms with E-state index in [0.29, 0.717) is 25.1 Å². The molecule has 9 nitrogen and oxygen atoms in total. The first-order valence-corrected chi connectivity index (χ1v) is 11.1. The van der Waals surface area contributed by atoms with Gasteiger partial charge in [-0.1, -0.05) is 27.7 Å². The molecule has 0 aromatic carbocycles. The Labute approximate surface area is 188 Å². The van der Waals surface area contributed by atoms with Gasteiger partial charge in [-0.25, -0.2) is 0 Å². The Hall–Kier alpha value is -1.62. The quantitative estimate of drug-likeness (QED) is 0.229. The molecule has 0 amide bonds. The Balaban J connectivity index is 1.56. The van der Waals surface area contributed by atoms with E-state index in [1.54, 1.807) is 18.3 Å². The van der Waals surface area contributed by atoms with Crippen LogP contribution in [0.4, 0.5) is 0 Å². The van der Waals surface area contributed by atoms with Crippen molar-refractivity contribution in [2.24, 2.45) is 22.7 Å². The number of aromatic nitrogens is 1. The highest BCUT2D eigenvalue weighted by Gasteiger charge is 2.66. The van der Waals surface area contributed by atoms with Crippen molar-refractivity contribution in [1.29, 1.82) is 5.41 Å². The van der Waals surface area contributed by atoms with Gasteiger partial charge in [0.1, 0.15) is 0 Å². The summed E-state index contributed by atoms with van der Waals surface area (Å²) in [6.07, 6.45) is -0.303. The number of ether oxygens (including phenoxy) is 2. The number of aliphatic hydroxyl groups excluding tert-OH is 3. The highest BCUT2D eigenvalue weighted by molar-refractivity contribution is 6.45. The van der Waals surface area contributed by atoms with Crippen LogP contribution in [0, 0.1) is 28.1 Å². The van der Waals surface area contributed by atoms with E-state index in [1.165, 1.54) is 0 Å². The topological polar surface area (TPSA) is 156 Å². The Morgan fingerprint density at radius 2 is 2.00 bits per heavy atom. The molecule has 1 aliphatic heterocycles. The molecule has 32 heavy (non-hydrogen) atoms. The fourth-order valence-electron chi connectivity index (χ4n) is 5.36. The van der Waals surface area contributed by atoms with Gasteiger partial charge in [-0.05, 0) is 30.4 Å². The Morgan fingerprint density at radius 1 is 1.31 bits per heavy atom. The molecular formula is C23H36N2O7. The van der Waals surface area contributed by atoms with Gasteiger partial charge >= 0.3 is 0 Å². The molecule has 2 fully saturated rings. The second-order valence-electron chi connectivity index (χ2n) is 10.5. The summed E-state index contributed by atoms with van der Waals surface area (Å²) >= 11 is 0. The van der Waals surface area contributed by atoms with Crippen molar-refractivity contribution in [1.82, 2.24) is 4.98 Å². The third-order valence-electron chi connectivity index (χ3n) is 6.99. The minimum atomic E-state index is -1.82. The maximum atomic E-state index is 12.6. The number of ketones is 1. The number of carbonyl (C=O) groups is 1. The number of aliphatic hydroxyl groups is 4. The lowest BCUT2D eigenvalue weighted by Crippen LogP contribution is -2.43. The summed E-state index contributed by atoms with van der Waals surface area (Å²) in [6.45, 7) is 7.72. The SMILES string of the molecule is CC(C)(CCOC1COC2(O)C(CO)C(O)C(O)C12)CC(C)(C)C(=N)C(=O)c1ccc[nH]1. The molecule has 1 aromatic rings. The van der Waals surface area contributed by atoms with Gasteiger partial charge in [0, 0.05) is 18.2 Å². The number of carbonyl (C=O) groups excluding carboxylic acids is 1. The molecule has 0 spiro atoms. The third-order valence-corrected chi connectivity index (χ3v) is 6.99. The van der Waals surface area contributed by atoms with Crippen molar-refractivity contribution < 1.29 is 34.7 Å². The van der Waals surface area contributed by atoms with Gasteiger partial charge in [-0.15, -0.1) is 0 Å². The highest BCUT2D eigenvalue weighted by Crippen LogP contribution is 2.48. The molecule has 6 unspecified atom stereocenters. The van der Waals surface area contributed by atoms with Gasteiger partial charge in [0.2, 0.25) is 5.78 Å². The van der Waals surface area contributed by atoms with E-state index in [9.17, 15) is 25.2 Å². The Morgan fingerprint density at radius 3 is 2.59 bits per heavy atom. The zero-order valence-corrected chi connectivity index (χ0v) is 19.2. The number of Topliss-reactive ketones (excluding diaryl/α,β-unsaturated/α-hetero) is 1. The largest absolute Gasteiger partial charge is 0.396 e. The van der Waals surface area contributed by atoms with Crippen molar-refractivity contribution >= 4 is 11.5 Å². The van der Waals surface area contributed by atoms with E-state index in [4.69, 9.17) is 14.9 Å². The lowest BCUT2D eigenvalue weighted by molar-refractivity contribution is -0.226. The fraction of sp³-hybridized carbons (Fsp3) is 0.739. The van der Waals surface area contributed by atoms with E-state index in [-0.39, 0.29) is 23.5 Å². The minimum Gasteiger partial charge on any atom is -0.396 e. The molecule has 1 saturated carbocycles. The number of aromatic amines is 1. The van der Waals surface area contributed by atoms with Crippen LogP contribution in [-0.4, -0.2) is 80.8 Å². The first-order valence-electron chi connectivity index (χ1n) is 11.1. The summed E-state index contributed by atoms with van der Waals surface area (Å²) in [7, 11) is 0. The van der Waals surface area contributed by atoms with Crippen molar-refractivity contribution in [3.05, 3.63) is 24.0 Å². The fourth-order valence-corrected chi connectivity index (χ4v) is 5.36. The van der Waals surface area contributed by atoms with Gasteiger partial charge in [-0.2, -0.15) is 0 Å². The summed E-state index contributed by atoms with van der Waals surface area (Å²) < 4.78 is 11.4. The molecule has 2 heterocycles. The summed E-state index contributed by atoms with van der Waals surface area (Å²) in [4.78, 5) is 15.4. The number of hydrogen-bond acceptors (Lipinski definition) is 8. The normalized spacial score (nSPS) is 32.8. The first-order chi connectivity index (χ1) is 14.8. The average molecular weight is 453 g/mol. The van der Waals surface area contributed by atoms with E-state index in [2.05, 4.69) is 4.98 Å². The summed E-state index contributed by atoms with van der Waals surface area (Å²) in [5.74, 6) is -3.97. The maximum absolute atomic E-state index is 12.6. The van der Waals surface area contributed by atoms with Crippen LogP contribution < -0.4 is 0 Å². The molecule has 1 aliphatic carbocycles. The molecule has 2 aliphatic rings. The molecular weight excluding hydrogens is 416 g/mol. The smallest absolute Gasteiger partial charge is 0.223 e. The van der Waals surface area contributed by atoms with Crippen LogP contribution in [-0.2, 0) is 9.47 Å². The maximum Gasteiger partial charge on any atom is 0.223 e. The van der Waals surface area contributed by atoms with Gasteiger partial charge in [0.05, 0.1) is 54.8 Å². The molecule has 6 atom stereocenters. The monoisotopic (exact) mass is 452 g/mol. The number of H-pyrrole nitrogens is 1. The van der Waals surface area contributed by atoms with Gasteiger partial charge in [0.25, 0.3) is 0 Å². The van der Waals surface area contributed by atoms with Crippen LogP contribution in [0.5, 0.6) is 0 Å². The molecule has 3 rings (SSSR count). The van der Waals surface area contributed by atoms with Gasteiger partial charge < -0.3 is 40.3 Å². The van der Waals surface area contributed by atoms with E-state index < -0.39 is 48.0 Å². The van der Waals surface area contributed by atoms with Crippen molar-refractivity contribution in [3.8, 4) is 0 Å². The standard InChI is InChI=1S/C23H36N2O7/c1-21(2,12-22(3,4)20(24)18(28)14-6-5-8-25-14)7-9-31-15-11-32-23(30)13(10-26)17(27)19(29)16(15)23/h5-6,8,13,15-17,19,24-27,29-30H,7,9-12H2,1-4H3. The van der Waals surface area contributed by atoms with Crippen molar-refractivity contribution in [2.75, 3.05) is 19.8 Å². The molecule has 0 bridgehead atoms. The molecule has 0 radical (unpaired) electrons. The molecule has 9 heteroatoms. The second-order valence-corrected chi connectivity index (χ2v) is 10.5. The number of nitrogens with one attached hydrogen (secondary N) is 2. The Bertz CT molecular complexity index is 822. The van der Waals surface area contributed by atoms with Crippen LogP contribution in [0.1, 0.15) is 51.0 Å². The molecule has 1 saturated heterocycles. The number of fused-ring (bicyclic) bond motifs is 1. The first kappa shape index (κ1) is 25.0. The van der Waals surface area contributed by atoms with Crippen molar-refractivity contribution in [3.63, 3.8) is 0 Å². The van der Waals surface area contributed by atoms with Crippen LogP contribution in [0.15, 0.2) is 18.3 Å². The van der Waals surface area contributed by atoms with Gasteiger partial charge in [0.15, 0.2) is 5.79 Å². The van der Waals surface area contributed by atoms with Crippen LogP contribution in [0.25, 0.3) is 0 Å². The minimum absolute atomic E-state index is 0.0429. The average Bonchev–Trinajstić information content (AvgIpc) is 3.38. The van der Waals surface area contributed by atoms with E-state index in [0.717, 1.165) is 0 Å². The van der Waals surface area contributed by atoms with Crippen LogP contribution in [0.3, 0.4) is 0 Å². The van der Waals surface area contributed by atoms with Crippen molar-refractivity contribution in [2.45, 2.75) is 64.6 Å². The summed E-state index contributed by atoms with van der Waals surface area (Å²) in [6, 6.07) is 3.39. The Kier molecular flexibility index (Phi) is 7.01. The predicted molar refractivity (Wildman–Crippen MR) is 116 cm³/mol. The lowest BCUT2D eigenvalue weighted by atomic mass is 9.70. The zero-order valence-electron chi connectivity index (χ0n) is 19.2.